The van der Waals surface area contributed by atoms with Gasteiger partial charge in [-0.3, -0.25) is 4.79 Å². The number of rotatable bonds is 2. The molecular formula is C19H17ClN2O3. The van der Waals surface area contributed by atoms with Crippen LogP contribution in [0.4, 0.5) is 0 Å². The molecule has 0 radical (unpaired) electrons. The normalized spacial score (nSPS) is 15.6. The molecule has 6 heteroatoms. The van der Waals surface area contributed by atoms with Gasteiger partial charge in [0.1, 0.15) is 11.3 Å². The molecule has 0 spiro atoms. The molecule has 1 fully saturated rings. The van der Waals surface area contributed by atoms with E-state index >= 15 is 0 Å². The summed E-state index contributed by atoms with van der Waals surface area (Å²) in [7, 11) is 0. The zero-order valence-corrected chi connectivity index (χ0v) is 14.2. The molecule has 2 heterocycles. The Morgan fingerprint density at radius 2 is 1.96 bits per heavy atom. The molecule has 3 aromatic rings. The Morgan fingerprint density at radius 1 is 1.20 bits per heavy atom. The van der Waals surface area contributed by atoms with Gasteiger partial charge in [0.15, 0.2) is 11.5 Å². The molecule has 128 valence electrons. The van der Waals surface area contributed by atoms with Crippen molar-refractivity contribution in [2.45, 2.75) is 18.8 Å². The van der Waals surface area contributed by atoms with E-state index in [2.05, 4.69) is 4.98 Å². The van der Waals surface area contributed by atoms with Gasteiger partial charge >= 0.3 is 0 Å². The predicted molar refractivity (Wildman–Crippen MR) is 95.0 cm³/mol. The Hall–Kier alpha value is -2.53. The van der Waals surface area contributed by atoms with Gasteiger partial charge in [0.2, 0.25) is 0 Å². The van der Waals surface area contributed by atoms with Gasteiger partial charge < -0.3 is 14.4 Å². The van der Waals surface area contributed by atoms with Gasteiger partial charge in [0.05, 0.1) is 5.56 Å². The fourth-order valence-electron chi connectivity index (χ4n) is 3.24. The van der Waals surface area contributed by atoms with E-state index in [-0.39, 0.29) is 23.1 Å². The van der Waals surface area contributed by atoms with E-state index in [0.29, 0.717) is 18.1 Å². The summed E-state index contributed by atoms with van der Waals surface area (Å²) in [6.45, 7) is 1.18. The number of aromatic nitrogens is 1. The molecule has 1 N–H and O–H groups in total. The molecular weight excluding hydrogens is 340 g/mol. The summed E-state index contributed by atoms with van der Waals surface area (Å²) in [4.78, 5) is 18.9. The maximum Gasteiger partial charge on any atom is 0.257 e. The fraction of sp³-hybridized carbons (Fsp3) is 0.263. The average molecular weight is 357 g/mol. The first-order valence-corrected chi connectivity index (χ1v) is 8.63. The Balaban J connectivity index is 1.47. The van der Waals surface area contributed by atoms with Crippen molar-refractivity contribution in [3.8, 4) is 5.75 Å². The van der Waals surface area contributed by atoms with Crippen LogP contribution in [0.2, 0.25) is 5.02 Å². The smallest absolute Gasteiger partial charge is 0.257 e. The molecule has 5 nitrogen and oxygen atoms in total. The van der Waals surface area contributed by atoms with Crippen molar-refractivity contribution in [1.82, 2.24) is 9.88 Å². The topological polar surface area (TPSA) is 66.6 Å². The number of phenolic OH excluding ortho intramolecular Hbond substituents is 1. The van der Waals surface area contributed by atoms with E-state index in [1.807, 2.05) is 24.3 Å². The molecule has 1 aromatic heterocycles. The van der Waals surface area contributed by atoms with Crippen LogP contribution in [0.25, 0.3) is 11.1 Å². The number of fused-ring (bicyclic) bond motifs is 1. The minimum atomic E-state index is -0.198. The summed E-state index contributed by atoms with van der Waals surface area (Å²) < 4.78 is 5.85. The second-order valence-electron chi connectivity index (χ2n) is 6.25. The van der Waals surface area contributed by atoms with Gasteiger partial charge in [0.25, 0.3) is 5.91 Å². The quantitative estimate of drug-likeness (QED) is 0.747. The highest BCUT2D eigenvalue weighted by molar-refractivity contribution is 6.31. The highest BCUT2D eigenvalue weighted by Gasteiger charge is 2.28. The third kappa shape index (κ3) is 3.07. The zero-order valence-electron chi connectivity index (χ0n) is 13.5. The third-order valence-electron chi connectivity index (χ3n) is 4.63. The van der Waals surface area contributed by atoms with Crippen LogP contribution in [0, 0.1) is 0 Å². The fourth-order valence-corrected chi connectivity index (χ4v) is 3.42. The maximum atomic E-state index is 12.6. The Kier molecular flexibility index (Phi) is 4.09. The van der Waals surface area contributed by atoms with E-state index in [9.17, 15) is 9.90 Å². The van der Waals surface area contributed by atoms with Crippen molar-refractivity contribution in [2.75, 3.05) is 13.1 Å². The average Bonchev–Trinajstić information content (AvgIpc) is 3.07. The number of benzene rings is 2. The number of halogens is 1. The first kappa shape index (κ1) is 16.0. The molecule has 2 aromatic carbocycles. The summed E-state index contributed by atoms with van der Waals surface area (Å²) in [6.07, 6.45) is 1.56. The third-order valence-corrected chi connectivity index (χ3v) is 4.87. The van der Waals surface area contributed by atoms with Crippen molar-refractivity contribution < 1.29 is 14.3 Å². The molecule has 1 saturated heterocycles. The minimum Gasteiger partial charge on any atom is -0.507 e. The van der Waals surface area contributed by atoms with Gasteiger partial charge in [-0.25, -0.2) is 4.98 Å². The van der Waals surface area contributed by atoms with Gasteiger partial charge in [0, 0.05) is 24.0 Å². The Labute approximate surface area is 149 Å². The first-order valence-electron chi connectivity index (χ1n) is 8.25. The zero-order chi connectivity index (χ0) is 17.4. The second-order valence-corrected chi connectivity index (χ2v) is 6.68. The Morgan fingerprint density at radius 3 is 2.72 bits per heavy atom. The van der Waals surface area contributed by atoms with Gasteiger partial charge in [-0.15, -0.1) is 0 Å². The van der Waals surface area contributed by atoms with Crippen LogP contribution < -0.4 is 0 Å². The molecule has 0 unspecified atom stereocenters. The van der Waals surface area contributed by atoms with Crippen LogP contribution in [0.1, 0.15) is 35.0 Å². The van der Waals surface area contributed by atoms with Crippen molar-refractivity contribution in [3.05, 3.63) is 58.9 Å². The van der Waals surface area contributed by atoms with Gasteiger partial charge in [-0.05, 0) is 43.2 Å². The highest BCUT2D eigenvalue weighted by Crippen LogP contribution is 2.31. The largest absolute Gasteiger partial charge is 0.507 e. The summed E-state index contributed by atoms with van der Waals surface area (Å²) in [5, 5.41) is 10.3. The lowest BCUT2D eigenvalue weighted by molar-refractivity contribution is 0.0703. The molecule has 4 rings (SSSR count). The number of likely N-dealkylation sites (tertiary alicyclic amines) is 1. The van der Waals surface area contributed by atoms with Crippen LogP contribution in [0.15, 0.2) is 46.9 Å². The SMILES string of the molecule is O=C(c1cc(Cl)ccc1O)N1CCC(c2nc3ccccc3o2)CC1. The number of phenols is 1. The van der Waals surface area contributed by atoms with Crippen LogP contribution in [0.5, 0.6) is 5.75 Å². The molecule has 0 bridgehead atoms. The van der Waals surface area contributed by atoms with Crippen LogP contribution in [0.3, 0.4) is 0 Å². The van der Waals surface area contributed by atoms with Gasteiger partial charge in [-0.1, -0.05) is 23.7 Å². The van der Waals surface area contributed by atoms with Gasteiger partial charge in [-0.2, -0.15) is 0 Å². The van der Waals surface area contributed by atoms with E-state index in [1.54, 1.807) is 11.0 Å². The van der Waals surface area contributed by atoms with E-state index in [4.69, 9.17) is 16.0 Å². The molecule has 25 heavy (non-hydrogen) atoms. The predicted octanol–water partition coefficient (Wildman–Crippen LogP) is 4.21. The summed E-state index contributed by atoms with van der Waals surface area (Å²) in [5.74, 6) is 0.690. The van der Waals surface area contributed by atoms with Crippen molar-refractivity contribution in [1.29, 1.82) is 0 Å². The summed E-state index contributed by atoms with van der Waals surface area (Å²) in [5.41, 5.74) is 1.90. The number of aromatic hydroxyl groups is 1. The lowest BCUT2D eigenvalue weighted by atomic mass is 9.96. The summed E-state index contributed by atoms with van der Waals surface area (Å²) >= 11 is 5.94. The standard InChI is InChI=1S/C19H17ClN2O3/c20-13-5-6-16(23)14(11-13)19(24)22-9-7-12(8-10-22)18-21-15-3-1-2-4-17(15)25-18/h1-6,11-12,23H,7-10H2. The van der Waals surface area contributed by atoms with Crippen molar-refractivity contribution >= 4 is 28.6 Å². The molecule has 1 aliphatic rings. The number of hydrogen-bond acceptors (Lipinski definition) is 4. The lowest BCUT2D eigenvalue weighted by Crippen LogP contribution is -2.38. The number of hydrogen-bond donors (Lipinski definition) is 1. The van der Waals surface area contributed by atoms with E-state index < -0.39 is 0 Å². The monoisotopic (exact) mass is 356 g/mol. The molecule has 1 amide bonds. The second kappa shape index (κ2) is 6.41. The number of piperidine rings is 1. The van der Waals surface area contributed by atoms with Crippen molar-refractivity contribution in [2.24, 2.45) is 0 Å². The maximum absolute atomic E-state index is 12.6. The lowest BCUT2D eigenvalue weighted by Gasteiger charge is -2.30. The van der Waals surface area contributed by atoms with Crippen LogP contribution in [-0.2, 0) is 0 Å². The van der Waals surface area contributed by atoms with E-state index in [0.717, 1.165) is 29.8 Å². The molecule has 0 atom stereocenters. The highest BCUT2D eigenvalue weighted by atomic mass is 35.5. The number of oxazole rings is 1. The van der Waals surface area contributed by atoms with Crippen molar-refractivity contribution in [3.63, 3.8) is 0 Å². The number of para-hydroxylation sites is 2. The summed E-state index contributed by atoms with van der Waals surface area (Å²) in [6, 6.07) is 12.2. The first-order chi connectivity index (χ1) is 12.1. The van der Waals surface area contributed by atoms with Crippen LogP contribution >= 0.6 is 11.6 Å². The number of amides is 1. The number of carbonyl (C=O) groups is 1. The minimum absolute atomic E-state index is 0.0459. The number of carbonyl (C=O) groups excluding carboxylic acids is 1. The number of nitrogens with zero attached hydrogens (tertiary/aromatic N) is 2. The molecule has 0 saturated carbocycles. The molecule has 0 aliphatic carbocycles. The molecule has 1 aliphatic heterocycles. The van der Waals surface area contributed by atoms with Crippen LogP contribution in [-0.4, -0.2) is 34.0 Å². The Bertz CT molecular complexity index is 896. The van der Waals surface area contributed by atoms with E-state index in [1.165, 1.54) is 12.1 Å².